The molecule has 0 aromatic heterocycles. The SMILES string of the molecule is CO/N=C1/C(=O)N(Cc2ccccc2N)CCC12CCC2. The van der Waals surface area contributed by atoms with Crippen molar-refractivity contribution in [3.05, 3.63) is 29.8 Å². The number of anilines is 1. The summed E-state index contributed by atoms with van der Waals surface area (Å²) in [7, 11) is 1.50. The normalized spacial score (nSPS) is 22.4. The number of likely N-dealkylation sites (tertiary alicyclic amines) is 1. The number of rotatable bonds is 3. The van der Waals surface area contributed by atoms with Crippen molar-refractivity contribution in [2.45, 2.75) is 32.2 Å². The van der Waals surface area contributed by atoms with E-state index in [9.17, 15) is 4.79 Å². The van der Waals surface area contributed by atoms with Crippen molar-refractivity contribution in [2.75, 3.05) is 19.4 Å². The molecule has 1 aromatic rings. The second-order valence-corrected chi connectivity index (χ2v) is 5.93. The van der Waals surface area contributed by atoms with Crippen LogP contribution in [0.4, 0.5) is 5.69 Å². The lowest BCUT2D eigenvalue weighted by Crippen LogP contribution is -2.54. The van der Waals surface area contributed by atoms with Crippen molar-refractivity contribution < 1.29 is 9.63 Å². The average Bonchev–Trinajstić information content (AvgIpc) is 2.44. The molecule has 1 spiro atoms. The number of hydrogen-bond acceptors (Lipinski definition) is 4. The number of oxime groups is 1. The van der Waals surface area contributed by atoms with Gasteiger partial charge in [-0.05, 0) is 30.9 Å². The molecule has 1 aromatic carbocycles. The highest BCUT2D eigenvalue weighted by Gasteiger charge is 2.49. The Kier molecular flexibility index (Phi) is 3.57. The van der Waals surface area contributed by atoms with Gasteiger partial charge in [-0.3, -0.25) is 4.79 Å². The van der Waals surface area contributed by atoms with Gasteiger partial charge in [0, 0.05) is 24.2 Å². The van der Waals surface area contributed by atoms with Gasteiger partial charge in [-0.2, -0.15) is 0 Å². The summed E-state index contributed by atoms with van der Waals surface area (Å²) in [4.78, 5) is 19.5. The van der Waals surface area contributed by atoms with Crippen molar-refractivity contribution in [2.24, 2.45) is 10.6 Å². The molecule has 0 radical (unpaired) electrons. The van der Waals surface area contributed by atoms with Crippen LogP contribution in [-0.2, 0) is 16.2 Å². The van der Waals surface area contributed by atoms with Gasteiger partial charge < -0.3 is 15.5 Å². The monoisotopic (exact) mass is 287 g/mol. The predicted octanol–water partition coefficient (Wildman–Crippen LogP) is 2.17. The minimum absolute atomic E-state index is 0.00828. The van der Waals surface area contributed by atoms with Gasteiger partial charge >= 0.3 is 0 Å². The molecule has 2 aliphatic rings. The summed E-state index contributed by atoms with van der Waals surface area (Å²) in [5.41, 5.74) is 8.23. The maximum atomic E-state index is 12.7. The summed E-state index contributed by atoms with van der Waals surface area (Å²) in [6.07, 6.45) is 4.22. The van der Waals surface area contributed by atoms with E-state index in [0.29, 0.717) is 12.3 Å². The number of carbonyl (C=O) groups excluding carboxylic acids is 1. The van der Waals surface area contributed by atoms with Gasteiger partial charge in [0.15, 0.2) is 5.71 Å². The standard InChI is InChI=1S/C16H21N3O2/c1-21-18-14-15(20)19(10-9-16(14)7-4-8-16)11-12-5-2-3-6-13(12)17/h2-3,5-6H,4,7-11,17H2,1H3/b18-14-. The van der Waals surface area contributed by atoms with Crippen LogP contribution in [0.25, 0.3) is 0 Å². The molecule has 112 valence electrons. The molecule has 1 saturated heterocycles. The first-order valence-electron chi connectivity index (χ1n) is 7.40. The Labute approximate surface area is 124 Å². The predicted molar refractivity (Wildman–Crippen MR) is 81.6 cm³/mol. The minimum Gasteiger partial charge on any atom is -0.399 e. The average molecular weight is 287 g/mol. The Balaban J connectivity index is 1.81. The van der Waals surface area contributed by atoms with E-state index >= 15 is 0 Å². The summed E-state index contributed by atoms with van der Waals surface area (Å²) in [6, 6.07) is 7.67. The van der Waals surface area contributed by atoms with E-state index in [2.05, 4.69) is 5.16 Å². The molecule has 2 N–H and O–H groups in total. The summed E-state index contributed by atoms with van der Waals surface area (Å²) >= 11 is 0. The highest BCUT2D eigenvalue weighted by molar-refractivity contribution is 6.41. The Morgan fingerprint density at radius 2 is 2.10 bits per heavy atom. The van der Waals surface area contributed by atoms with Gasteiger partial charge in [0.05, 0.1) is 0 Å². The minimum atomic E-state index is -0.0359. The van der Waals surface area contributed by atoms with E-state index in [1.165, 1.54) is 13.5 Å². The van der Waals surface area contributed by atoms with Crippen LogP contribution < -0.4 is 5.73 Å². The van der Waals surface area contributed by atoms with Crippen LogP contribution in [0.3, 0.4) is 0 Å². The van der Waals surface area contributed by atoms with Gasteiger partial charge in [-0.1, -0.05) is 29.8 Å². The number of para-hydroxylation sites is 1. The highest BCUT2D eigenvalue weighted by atomic mass is 16.6. The second kappa shape index (κ2) is 5.39. The largest absolute Gasteiger partial charge is 0.399 e. The van der Waals surface area contributed by atoms with Crippen LogP contribution in [0, 0.1) is 5.41 Å². The molecule has 1 aliphatic heterocycles. The Morgan fingerprint density at radius 1 is 1.33 bits per heavy atom. The smallest absolute Gasteiger partial charge is 0.272 e. The van der Waals surface area contributed by atoms with E-state index in [1.807, 2.05) is 29.2 Å². The number of nitrogens with zero attached hydrogens (tertiary/aromatic N) is 2. The summed E-state index contributed by atoms with van der Waals surface area (Å²) in [5.74, 6) is -0.00828. The zero-order valence-electron chi connectivity index (χ0n) is 12.3. The Morgan fingerprint density at radius 3 is 2.71 bits per heavy atom. The van der Waals surface area contributed by atoms with Gasteiger partial charge in [0.25, 0.3) is 5.91 Å². The molecule has 1 aliphatic carbocycles. The molecule has 5 nitrogen and oxygen atoms in total. The molecule has 3 rings (SSSR count). The van der Waals surface area contributed by atoms with E-state index in [4.69, 9.17) is 10.6 Å². The fourth-order valence-corrected chi connectivity index (χ4v) is 3.30. The van der Waals surface area contributed by atoms with Gasteiger partial charge in [-0.25, -0.2) is 0 Å². The quantitative estimate of drug-likeness (QED) is 0.684. The number of carbonyl (C=O) groups is 1. The van der Waals surface area contributed by atoms with Crippen molar-refractivity contribution in [3.8, 4) is 0 Å². The number of amides is 1. The van der Waals surface area contributed by atoms with Gasteiger partial charge in [-0.15, -0.1) is 0 Å². The number of piperidine rings is 1. The van der Waals surface area contributed by atoms with E-state index in [-0.39, 0.29) is 11.3 Å². The highest BCUT2D eigenvalue weighted by Crippen LogP contribution is 2.48. The molecule has 1 heterocycles. The maximum Gasteiger partial charge on any atom is 0.272 e. The van der Waals surface area contributed by atoms with Gasteiger partial charge in [0.2, 0.25) is 0 Å². The van der Waals surface area contributed by atoms with Crippen LogP contribution in [0.15, 0.2) is 29.4 Å². The molecule has 0 atom stereocenters. The number of hydrogen-bond donors (Lipinski definition) is 1. The lowest BCUT2D eigenvalue weighted by molar-refractivity contribution is -0.128. The lowest BCUT2D eigenvalue weighted by atomic mass is 9.62. The van der Waals surface area contributed by atoms with Crippen molar-refractivity contribution in [1.29, 1.82) is 0 Å². The molecule has 0 bridgehead atoms. The summed E-state index contributed by atoms with van der Waals surface area (Å²) < 4.78 is 0. The first kappa shape index (κ1) is 13.9. The first-order chi connectivity index (χ1) is 10.2. The van der Waals surface area contributed by atoms with E-state index < -0.39 is 0 Å². The lowest BCUT2D eigenvalue weighted by Gasteiger charge is -2.47. The van der Waals surface area contributed by atoms with Crippen LogP contribution in [0.2, 0.25) is 0 Å². The fourth-order valence-electron chi connectivity index (χ4n) is 3.30. The molecule has 5 heteroatoms. The fraction of sp³-hybridized carbons (Fsp3) is 0.500. The second-order valence-electron chi connectivity index (χ2n) is 5.93. The molecular weight excluding hydrogens is 266 g/mol. The molecule has 1 saturated carbocycles. The molecule has 21 heavy (non-hydrogen) atoms. The third kappa shape index (κ3) is 2.37. The summed E-state index contributed by atoms with van der Waals surface area (Å²) in [5, 5.41) is 4.05. The molecular formula is C16H21N3O2. The zero-order chi connectivity index (χ0) is 14.9. The van der Waals surface area contributed by atoms with Gasteiger partial charge in [0.1, 0.15) is 7.11 Å². The first-order valence-corrected chi connectivity index (χ1v) is 7.40. The third-order valence-electron chi connectivity index (χ3n) is 4.76. The van der Waals surface area contributed by atoms with Crippen LogP contribution in [-0.4, -0.2) is 30.2 Å². The van der Waals surface area contributed by atoms with Crippen LogP contribution in [0.5, 0.6) is 0 Å². The van der Waals surface area contributed by atoms with E-state index in [1.54, 1.807) is 0 Å². The topological polar surface area (TPSA) is 67.9 Å². The van der Waals surface area contributed by atoms with E-state index in [0.717, 1.165) is 37.1 Å². The summed E-state index contributed by atoms with van der Waals surface area (Å²) in [6.45, 7) is 1.29. The van der Waals surface area contributed by atoms with Crippen LogP contribution >= 0.6 is 0 Å². The van der Waals surface area contributed by atoms with Crippen molar-refractivity contribution >= 4 is 17.3 Å². The molecule has 1 amide bonds. The number of benzene rings is 1. The third-order valence-corrected chi connectivity index (χ3v) is 4.76. The number of nitrogens with two attached hydrogens (primary N) is 1. The molecule has 2 fully saturated rings. The Bertz CT molecular complexity index is 579. The van der Waals surface area contributed by atoms with Crippen molar-refractivity contribution in [3.63, 3.8) is 0 Å². The maximum absolute atomic E-state index is 12.7. The van der Waals surface area contributed by atoms with Crippen LogP contribution in [0.1, 0.15) is 31.2 Å². The molecule has 0 unspecified atom stereocenters. The number of nitrogen functional groups attached to an aromatic ring is 1. The van der Waals surface area contributed by atoms with Crippen molar-refractivity contribution in [1.82, 2.24) is 4.90 Å². The zero-order valence-corrected chi connectivity index (χ0v) is 12.3. The Hall–Kier alpha value is -2.04.